The van der Waals surface area contributed by atoms with E-state index in [2.05, 4.69) is 42.6 Å². The van der Waals surface area contributed by atoms with Crippen molar-refractivity contribution in [1.29, 1.82) is 0 Å². The van der Waals surface area contributed by atoms with Crippen LogP contribution in [0.2, 0.25) is 0 Å². The average molecular weight is 469 g/mol. The summed E-state index contributed by atoms with van der Waals surface area (Å²) in [5, 5.41) is 3.20. The van der Waals surface area contributed by atoms with Crippen LogP contribution in [0.15, 0.2) is 84.9 Å². The van der Waals surface area contributed by atoms with Crippen LogP contribution in [-0.2, 0) is 16.1 Å². The molecule has 1 fully saturated rings. The molecule has 0 radical (unpaired) electrons. The molecule has 182 valence electrons. The lowest BCUT2D eigenvalue weighted by Gasteiger charge is -2.31. The minimum atomic E-state index is -0.546. The molecule has 1 saturated carbocycles. The van der Waals surface area contributed by atoms with E-state index < -0.39 is 6.04 Å². The fraction of sp³-hybridized carbons (Fsp3) is 0.355. The lowest BCUT2D eigenvalue weighted by Crippen LogP contribution is -2.50. The first-order valence-corrected chi connectivity index (χ1v) is 12.8. The molecular weight excluding hydrogens is 432 g/mol. The maximum Gasteiger partial charge on any atom is 0.242 e. The largest absolute Gasteiger partial charge is 0.352 e. The van der Waals surface area contributed by atoms with Gasteiger partial charge in [-0.25, -0.2) is 0 Å². The third-order valence-corrected chi connectivity index (χ3v) is 7.25. The Morgan fingerprint density at radius 3 is 1.97 bits per heavy atom. The minimum Gasteiger partial charge on any atom is -0.352 e. The zero-order chi connectivity index (χ0) is 24.6. The van der Waals surface area contributed by atoms with Crippen molar-refractivity contribution in [2.24, 2.45) is 0 Å². The van der Waals surface area contributed by atoms with Gasteiger partial charge in [-0.3, -0.25) is 9.59 Å². The molecule has 3 aromatic carbocycles. The van der Waals surface area contributed by atoms with Crippen LogP contribution >= 0.6 is 0 Å². The summed E-state index contributed by atoms with van der Waals surface area (Å²) in [5.41, 5.74) is 4.39. The van der Waals surface area contributed by atoms with Gasteiger partial charge < -0.3 is 10.2 Å². The highest BCUT2D eigenvalue weighted by atomic mass is 16.2. The zero-order valence-electron chi connectivity index (χ0n) is 20.8. The summed E-state index contributed by atoms with van der Waals surface area (Å²) in [6, 6.07) is 28.1. The van der Waals surface area contributed by atoms with Gasteiger partial charge in [-0.15, -0.1) is 0 Å². The summed E-state index contributed by atoms with van der Waals surface area (Å²) in [4.78, 5) is 29.0. The SMILES string of the molecule is Cc1ccccc1CN(C(=O)CC(c1ccccc1)c1ccccc1)[C@H](C)C(=O)NC1CCCC1. The van der Waals surface area contributed by atoms with Crippen molar-refractivity contribution in [2.45, 2.75) is 70.5 Å². The van der Waals surface area contributed by atoms with Gasteiger partial charge in [0.15, 0.2) is 0 Å². The van der Waals surface area contributed by atoms with Crippen molar-refractivity contribution in [3.05, 3.63) is 107 Å². The quantitative estimate of drug-likeness (QED) is 0.419. The van der Waals surface area contributed by atoms with E-state index >= 15 is 0 Å². The van der Waals surface area contributed by atoms with Crippen molar-refractivity contribution in [3.63, 3.8) is 0 Å². The number of carbonyl (C=O) groups is 2. The van der Waals surface area contributed by atoms with E-state index in [-0.39, 0.29) is 23.8 Å². The number of carbonyl (C=O) groups excluding carboxylic acids is 2. The molecule has 2 amide bonds. The number of benzene rings is 3. The molecule has 0 aliphatic heterocycles. The molecule has 4 nitrogen and oxygen atoms in total. The van der Waals surface area contributed by atoms with Crippen LogP contribution in [-0.4, -0.2) is 28.8 Å². The van der Waals surface area contributed by atoms with E-state index in [9.17, 15) is 9.59 Å². The fourth-order valence-electron chi connectivity index (χ4n) is 5.04. The number of nitrogens with one attached hydrogen (secondary N) is 1. The Morgan fingerprint density at radius 2 is 1.40 bits per heavy atom. The van der Waals surface area contributed by atoms with E-state index in [4.69, 9.17) is 0 Å². The number of amides is 2. The predicted octanol–water partition coefficient (Wildman–Crippen LogP) is 5.99. The molecule has 0 aromatic heterocycles. The number of hydrogen-bond acceptors (Lipinski definition) is 2. The van der Waals surface area contributed by atoms with Gasteiger partial charge in [0.25, 0.3) is 0 Å². The van der Waals surface area contributed by atoms with Crippen LogP contribution in [0.3, 0.4) is 0 Å². The van der Waals surface area contributed by atoms with Gasteiger partial charge in [-0.1, -0.05) is 97.8 Å². The molecule has 0 unspecified atom stereocenters. The highest BCUT2D eigenvalue weighted by Crippen LogP contribution is 2.29. The Labute approximate surface area is 209 Å². The third kappa shape index (κ3) is 6.39. The first-order valence-electron chi connectivity index (χ1n) is 12.8. The molecule has 4 heteroatoms. The zero-order valence-corrected chi connectivity index (χ0v) is 20.8. The second-order valence-corrected chi connectivity index (χ2v) is 9.69. The molecular formula is C31H36N2O2. The molecule has 0 saturated heterocycles. The van der Waals surface area contributed by atoms with Crippen LogP contribution in [0, 0.1) is 6.92 Å². The number of aryl methyl sites for hydroxylation is 1. The van der Waals surface area contributed by atoms with Gasteiger partial charge in [0.2, 0.25) is 11.8 Å². The van der Waals surface area contributed by atoms with Crippen LogP contribution in [0.25, 0.3) is 0 Å². The Morgan fingerprint density at radius 1 is 0.857 bits per heavy atom. The maximum absolute atomic E-state index is 13.9. The fourth-order valence-corrected chi connectivity index (χ4v) is 5.04. The molecule has 1 aliphatic rings. The second kappa shape index (κ2) is 11.8. The van der Waals surface area contributed by atoms with Gasteiger partial charge in [0, 0.05) is 24.9 Å². The Balaban J connectivity index is 1.61. The summed E-state index contributed by atoms with van der Waals surface area (Å²) >= 11 is 0. The second-order valence-electron chi connectivity index (χ2n) is 9.69. The maximum atomic E-state index is 13.9. The average Bonchev–Trinajstić information content (AvgIpc) is 3.40. The van der Waals surface area contributed by atoms with Crippen molar-refractivity contribution >= 4 is 11.8 Å². The molecule has 4 rings (SSSR count). The Hall–Kier alpha value is -3.40. The van der Waals surface area contributed by atoms with Gasteiger partial charge in [0.05, 0.1) is 0 Å². The molecule has 35 heavy (non-hydrogen) atoms. The summed E-state index contributed by atoms with van der Waals surface area (Å²) in [7, 11) is 0. The normalized spacial score (nSPS) is 14.6. The number of hydrogen-bond donors (Lipinski definition) is 1. The van der Waals surface area contributed by atoms with Crippen LogP contribution < -0.4 is 5.32 Å². The number of rotatable bonds is 9. The Kier molecular flexibility index (Phi) is 8.36. The standard InChI is InChI=1S/C31H36N2O2/c1-23-13-9-10-18-27(23)22-33(24(2)31(35)32-28-19-11-12-20-28)30(34)21-29(25-14-5-3-6-15-25)26-16-7-4-8-17-26/h3-10,13-18,24,28-29H,11-12,19-22H2,1-2H3,(H,32,35)/t24-/m1/s1. The van der Waals surface area contributed by atoms with Crippen LogP contribution in [0.4, 0.5) is 0 Å². The molecule has 1 aliphatic carbocycles. The highest BCUT2D eigenvalue weighted by Gasteiger charge is 2.30. The van der Waals surface area contributed by atoms with Gasteiger partial charge >= 0.3 is 0 Å². The summed E-state index contributed by atoms with van der Waals surface area (Å²) in [6.07, 6.45) is 4.66. The van der Waals surface area contributed by atoms with E-state index in [0.29, 0.717) is 13.0 Å². The predicted molar refractivity (Wildman–Crippen MR) is 141 cm³/mol. The molecule has 0 bridgehead atoms. The van der Waals surface area contributed by atoms with Gasteiger partial charge in [-0.2, -0.15) is 0 Å². The highest BCUT2D eigenvalue weighted by molar-refractivity contribution is 5.88. The van der Waals surface area contributed by atoms with Crippen molar-refractivity contribution < 1.29 is 9.59 Å². The van der Waals surface area contributed by atoms with Crippen molar-refractivity contribution in [3.8, 4) is 0 Å². The molecule has 3 aromatic rings. The van der Waals surface area contributed by atoms with Crippen LogP contribution in [0.5, 0.6) is 0 Å². The van der Waals surface area contributed by atoms with Crippen molar-refractivity contribution in [2.75, 3.05) is 0 Å². The van der Waals surface area contributed by atoms with Gasteiger partial charge in [0.1, 0.15) is 6.04 Å². The summed E-state index contributed by atoms with van der Waals surface area (Å²) < 4.78 is 0. The van der Waals surface area contributed by atoms with Crippen LogP contribution in [0.1, 0.15) is 67.2 Å². The molecule has 1 N–H and O–H groups in total. The lowest BCUT2D eigenvalue weighted by atomic mass is 9.88. The van der Waals surface area contributed by atoms with Gasteiger partial charge in [-0.05, 0) is 48.9 Å². The smallest absolute Gasteiger partial charge is 0.242 e. The third-order valence-electron chi connectivity index (χ3n) is 7.25. The minimum absolute atomic E-state index is 0.0139. The molecule has 0 spiro atoms. The molecule has 1 atom stereocenters. The summed E-state index contributed by atoms with van der Waals surface area (Å²) in [5.74, 6) is -0.149. The first-order chi connectivity index (χ1) is 17.0. The lowest BCUT2D eigenvalue weighted by molar-refractivity contribution is -0.141. The van der Waals surface area contributed by atoms with E-state index in [0.717, 1.165) is 47.9 Å². The molecule has 0 heterocycles. The van der Waals surface area contributed by atoms with E-state index in [1.54, 1.807) is 4.90 Å². The van der Waals surface area contributed by atoms with E-state index in [1.807, 2.05) is 61.5 Å². The first kappa shape index (κ1) is 24.7. The monoisotopic (exact) mass is 468 g/mol. The van der Waals surface area contributed by atoms with E-state index in [1.165, 1.54) is 0 Å². The topological polar surface area (TPSA) is 49.4 Å². The van der Waals surface area contributed by atoms with Crippen molar-refractivity contribution in [1.82, 2.24) is 10.2 Å². The summed E-state index contributed by atoms with van der Waals surface area (Å²) in [6.45, 7) is 4.33. The number of nitrogens with zero attached hydrogens (tertiary/aromatic N) is 1. The Bertz CT molecular complexity index is 1070.